The topological polar surface area (TPSA) is 41.6 Å². The molecule has 0 amide bonds. The van der Waals surface area contributed by atoms with Crippen LogP contribution in [-0.4, -0.2) is 42.6 Å². The molecular weight excluding hydrogens is 246 g/mol. The Bertz CT molecular complexity index is 310. The summed E-state index contributed by atoms with van der Waals surface area (Å²) in [6, 6.07) is 0. The Balaban J connectivity index is 2.85. The quantitative estimate of drug-likeness (QED) is 0.608. The van der Waals surface area contributed by atoms with Gasteiger partial charge in [-0.2, -0.15) is 0 Å². The molecular formula is C7H15Cl2N2O2P. The van der Waals surface area contributed by atoms with Crippen molar-refractivity contribution in [1.82, 2.24) is 9.76 Å². The molecule has 0 radical (unpaired) electrons. The Morgan fingerprint density at radius 1 is 1.50 bits per heavy atom. The van der Waals surface area contributed by atoms with Gasteiger partial charge in [-0.25, -0.2) is 9.76 Å². The lowest BCUT2D eigenvalue weighted by molar-refractivity contribution is 0.233. The van der Waals surface area contributed by atoms with Gasteiger partial charge in [0.1, 0.15) is 0 Å². The van der Waals surface area contributed by atoms with E-state index in [1.807, 2.05) is 0 Å². The molecule has 1 N–H and O–H groups in total. The zero-order valence-electron chi connectivity index (χ0n) is 11.5. The van der Waals surface area contributed by atoms with Crippen LogP contribution >= 0.6 is 30.9 Å². The van der Waals surface area contributed by atoms with E-state index < -0.39 is 32.4 Å². The van der Waals surface area contributed by atoms with Gasteiger partial charge in [0.05, 0.1) is 6.61 Å². The first-order chi connectivity index (χ1) is 8.02. The molecule has 1 aliphatic rings. The van der Waals surface area contributed by atoms with E-state index in [-0.39, 0.29) is 6.61 Å². The first-order valence-corrected chi connectivity index (χ1v) is 6.48. The van der Waals surface area contributed by atoms with Gasteiger partial charge >= 0.3 is 7.67 Å². The summed E-state index contributed by atoms with van der Waals surface area (Å²) in [5, 5.41) is 2.65. The van der Waals surface area contributed by atoms with E-state index >= 15 is 0 Å². The molecule has 14 heavy (non-hydrogen) atoms. The highest BCUT2D eigenvalue weighted by Gasteiger charge is 2.32. The first kappa shape index (κ1) is 7.88. The Kier molecular flexibility index (Phi) is 3.55. The highest BCUT2D eigenvalue weighted by atomic mass is 35.5. The maximum Gasteiger partial charge on any atom is 0.343 e. The third-order valence-corrected chi connectivity index (χ3v) is 4.18. The third-order valence-electron chi connectivity index (χ3n) is 1.76. The fourth-order valence-electron chi connectivity index (χ4n) is 1.09. The van der Waals surface area contributed by atoms with Crippen molar-refractivity contribution in [2.24, 2.45) is 0 Å². The lowest BCUT2D eigenvalue weighted by atomic mass is 10.5. The van der Waals surface area contributed by atoms with Crippen molar-refractivity contribution in [3.8, 4) is 0 Å². The first-order valence-electron chi connectivity index (χ1n) is 6.15. The fourth-order valence-corrected chi connectivity index (χ4v) is 3.33. The molecule has 1 saturated heterocycles. The summed E-state index contributed by atoms with van der Waals surface area (Å²) < 4.78 is 47.8. The molecule has 0 aromatic carbocycles. The molecule has 4 nitrogen and oxygen atoms in total. The van der Waals surface area contributed by atoms with Crippen LogP contribution in [0, 0.1) is 0 Å². The molecule has 84 valence electrons. The van der Waals surface area contributed by atoms with Crippen molar-refractivity contribution < 1.29 is 14.6 Å². The average Bonchev–Trinajstić information content (AvgIpc) is 2.13. The van der Waals surface area contributed by atoms with Gasteiger partial charge in [0.2, 0.25) is 0 Å². The molecule has 7 heteroatoms. The van der Waals surface area contributed by atoms with Gasteiger partial charge in [-0.1, -0.05) is 0 Å². The number of alkyl halides is 2. The highest BCUT2D eigenvalue weighted by Crippen LogP contribution is 2.47. The minimum Gasteiger partial charge on any atom is -0.306 e. The third kappa shape index (κ3) is 3.37. The molecule has 1 fully saturated rings. The summed E-state index contributed by atoms with van der Waals surface area (Å²) in [6.07, 6.45) is 0.680. The van der Waals surface area contributed by atoms with Gasteiger partial charge in [-0.05, 0) is 6.42 Å². The van der Waals surface area contributed by atoms with Gasteiger partial charge in [-0.3, -0.25) is 4.57 Å². The normalized spacial score (nSPS) is 34.5. The van der Waals surface area contributed by atoms with Crippen LogP contribution in [0.4, 0.5) is 0 Å². The second kappa shape index (κ2) is 6.31. The average molecular weight is 265 g/mol. The van der Waals surface area contributed by atoms with E-state index in [0.29, 0.717) is 13.0 Å². The molecule has 0 bridgehead atoms. The van der Waals surface area contributed by atoms with Crippen LogP contribution in [0.2, 0.25) is 0 Å². The fraction of sp³-hybridized carbons (Fsp3) is 1.00. The van der Waals surface area contributed by atoms with Gasteiger partial charge in [0.25, 0.3) is 0 Å². The SMILES string of the molecule is [2H]C([2H])(Cl)CN(CC([2H])([2H])Cl)P1(=O)NCCCO1. The Morgan fingerprint density at radius 2 is 2.14 bits per heavy atom. The summed E-state index contributed by atoms with van der Waals surface area (Å²) in [5.41, 5.74) is 0. The molecule has 0 aliphatic carbocycles. The maximum absolute atomic E-state index is 12.4. The van der Waals surface area contributed by atoms with Crippen molar-refractivity contribution >= 4 is 30.9 Å². The van der Waals surface area contributed by atoms with Crippen molar-refractivity contribution in [1.29, 1.82) is 0 Å². The molecule has 0 saturated carbocycles. The monoisotopic (exact) mass is 264 g/mol. The minimum absolute atomic E-state index is 0.261. The van der Waals surface area contributed by atoms with Gasteiger partial charge in [0.15, 0.2) is 0 Å². The number of hydrogen-bond donors (Lipinski definition) is 1. The second-order valence-corrected chi connectivity index (χ2v) is 5.42. The molecule has 1 heterocycles. The summed E-state index contributed by atoms with van der Waals surface area (Å²) >= 11 is 10.9. The number of nitrogens with zero attached hydrogens (tertiary/aromatic N) is 1. The molecule has 0 spiro atoms. The number of rotatable bonds is 5. The number of halogens is 2. The minimum atomic E-state index is -3.48. The van der Waals surface area contributed by atoms with Crippen LogP contribution in [0.3, 0.4) is 0 Å². The summed E-state index contributed by atoms with van der Waals surface area (Å²) in [6.45, 7) is -0.197. The molecule has 1 atom stereocenters. The van der Waals surface area contributed by atoms with Crippen LogP contribution in [0.1, 0.15) is 11.9 Å². The van der Waals surface area contributed by atoms with Crippen LogP contribution in [0.15, 0.2) is 0 Å². The van der Waals surface area contributed by atoms with Crippen molar-refractivity contribution in [2.45, 2.75) is 6.42 Å². The molecule has 0 aromatic heterocycles. The Hall–Kier alpha value is 0.690. The standard InChI is InChI=1S/C7H15Cl2N2O2P/c8-2-5-11(6-3-9)14(12)10-4-1-7-13-14/h1-7H2,(H,10,12)/i2D2,3D2. The van der Waals surface area contributed by atoms with Crippen LogP contribution < -0.4 is 5.09 Å². The maximum atomic E-state index is 12.4. The Morgan fingerprint density at radius 3 is 2.57 bits per heavy atom. The molecule has 1 rings (SSSR count). The van der Waals surface area contributed by atoms with E-state index in [1.165, 1.54) is 0 Å². The lowest BCUT2D eigenvalue weighted by Crippen LogP contribution is -2.35. The highest BCUT2D eigenvalue weighted by molar-refractivity contribution is 7.54. The van der Waals surface area contributed by atoms with E-state index in [1.54, 1.807) is 0 Å². The summed E-state index contributed by atoms with van der Waals surface area (Å²) in [5.74, 6) is -4.30. The second-order valence-electron chi connectivity index (χ2n) is 2.71. The summed E-state index contributed by atoms with van der Waals surface area (Å²) in [4.78, 5) is 0. The number of hydrogen-bond acceptors (Lipinski definition) is 2. The van der Waals surface area contributed by atoms with E-state index in [0.717, 1.165) is 4.67 Å². The van der Waals surface area contributed by atoms with E-state index in [4.69, 9.17) is 33.2 Å². The van der Waals surface area contributed by atoms with Crippen molar-refractivity contribution in [3.05, 3.63) is 0 Å². The van der Waals surface area contributed by atoms with Gasteiger partial charge < -0.3 is 4.52 Å². The van der Waals surface area contributed by atoms with Crippen LogP contribution in [0.5, 0.6) is 0 Å². The predicted octanol–water partition coefficient (Wildman–Crippen LogP) is 1.88. The Labute approximate surface area is 100 Å². The van der Waals surface area contributed by atoms with Gasteiger partial charge in [0, 0.05) is 36.8 Å². The van der Waals surface area contributed by atoms with Gasteiger partial charge in [-0.15, -0.1) is 23.2 Å². The van der Waals surface area contributed by atoms with Crippen molar-refractivity contribution in [3.63, 3.8) is 0 Å². The van der Waals surface area contributed by atoms with Crippen LogP contribution in [-0.2, 0) is 9.09 Å². The predicted molar refractivity (Wildman–Crippen MR) is 59.2 cm³/mol. The van der Waals surface area contributed by atoms with E-state index in [9.17, 15) is 4.57 Å². The summed E-state index contributed by atoms with van der Waals surface area (Å²) in [7, 11) is -3.48. The smallest absolute Gasteiger partial charge is 0.306 e. The van der Waals surface area contributed by atoms with Crippen LogP contribution in [0.25, 0.3) is 0 Å². The largest absolute Gasteiger partial charge is 0.343 e. The zero-order chi connectivity index (χ0) is 14.0. The molecule has 0 aromatic rings. The van der Waals surface area contributed by atoms with Crippen molar-refractivity contribution in [2.75, 3.05) is 37.9 Å². The molecule has 1 aliphatic heterocycles. The number of nitrogens with one attached hydrogen (secondary N) is 1. The lowest BCUT2D eigenvalue weighted by Gasteiger charge is -2.33. The van der Waals surface area contributed by atoms with E-state index in [2.05, 4.69) is 5.09 Å². The zero-order valence-corrected chi connectivity index (χ0v) is 9.91. The molecule has 1 unspecified atom stereocenters.